The van der Waals surface area contributed by atoms with Gasteiger partial charge in [0.05, 0.1) is 11.6 Å². The molecule has 1 aliphatic rings. The van der Waals surface area contributed by atoms with Gasteiger partial charge in [-0.05, 0) is 31.9 Å². The predicted molar refractivity (Wildman–Crippen MR) is 50.3 cm³/mol. The van der Waals surface area contributed by atoms with Crippen LogP contribution < -0.4 is 5.32 Å². The van der Waals surface area contributed by atoms with Gasteiger partial charge in [-0.1, -0.05) is 0 Å². The third-order valence-electron chi connectivity index (χ3n) is 2.01. The Hall–Kier alpha value is -1.56. The minimum absolute atomic E-state index is 0.584. The molecule has 1 aromatic rings. The number of pyridine rings is 1. The number of anilines is 1. The quantitative estimate of drug-likeness (QED) is 0.742. The van der Waals surface area contributed by atoms with Gasteiger partial charge in [0, 0.05) is 11.7 Å². The Morgan fingerprint density at radius 2 is 2.31 bits per heavy atom. The molecule has 0 atom stereocenters. The number of nitrogens with zero attached hydrogens (tertiary/aromatic N) is 2. The van der Waals surface area contributed by atoms with Crippen molar-refractivity contribution in [2.75, 3.05) is 5.32 Å². The van der Waals surface area contributed by atoms with Gasteiger partial charge < -0.3 is 5.32 Å². The first-order valence-corrected chi connectivity index (χ1v) is 4.43. The summed E-state index contributed by atoms with van der Waals surface area (Å²) >= 11 is 0. The third-order valence-corrected chi connectivity index (χ3v) is 2.01. The highest BCUT2D eigenvalue weighted by Gasteiger charge is 2.21. The summed E-state index contributed by atoms with van der Waals surface area (Å²) in [6, 6.07) is 6.29. The smallest absolute Gasteiger partial charge is 0.127 e. The summed E-state index contributed by atoms with van der Waals surface area (Å²) < 4.78 is 0. The van der Waals surface area contributed by atoms with Crippen LogP contribution in [0.25, 0.3) is 0 Å². The molecule has 0 spiro atoms. The van der Waals surface area contributed by atoms with Crippen molar-refractivity contribution in [3.8, 4) is 6.07 Å². The summed E-state index contributed by atoms with van der Waals surface area (Å²) in [4.78, 5) is 4.30. The van der Waals surface area contributed by atoms with E-state index >= 15 is 0 Å². The van der Waals surface area contributed by atoms with Crippen molar-refractivity contribution in [3.05, 3.63) is 23.4 Å². The fourth-order valence-electron chi connectivity index (χ4n) is 1.24. The first-order chi connectivity index (χ1) is 6.28. The maximum atomic E-state index is 8.73. The molecule has 0 saturated heterocycles. The average molecular weight is 173 g/mol. The molecule has 0 amide bonds. The van der Waals surface area contributed by atoms with Gasteiger partial charge in [0.1, 0.15) is 5.82 Å². The Balaban J connectivity index is 2.24. The summed E-state index contributed by atoms with van der Waals surface area (Å²) in [5.41, 5.74) is 1.57. The molecule has 2 rings (SSSR count). The number of aromatic nitrogens is 1. The minimum Gasteiger partial charge on any atom is -0.367 e. The van der Waals surface area contributed by atoms with Gasteiger partial charge in [-0.15, -0.1) is 0 Å². The van der Waals surface area contributed by atoms with Crippen LogP contribution in [0.1, 0.15) is 24.1 Å². The molecular formula is C10H11N3. The second kappa shape index (κ2) is 3.06. The summed E-state index contributed by atoms with van der Waals surface area (Å²) in [5, 5.41) is 12.0. The highest BCUT2D eigenvalue weighted by molar-refractivity contribution is 5.45. The van der Waals surface area contributed by atoms with Crippen LogP contribution in [0, 0.1) is 18.3 Å². The number of hydrogen-bond acceptors (Lipinski definition) is 3. The highest BCUT2D eigenvalue weighted by atomic mass is 15.0. The zero-order valence-corrected chi connectivity index (χ0v) is 7.54. The number of hydrogen-bond donors (Lipinski definition) is 1. The first kappa shape index (κ1) is 8.06. The van der Waals surface area contributed by atoms with Crippen molar-refractivity contribution >= 4 is 5.82 Å². The minimum atomic E-state index is 0.584. The molecule has 0 aromatic carbocycles. The van der Waals surface area contributed by atoms with Crippen LogP contribution in [0.3, 0.4) is 0 Å². The van der Waals surface area contributed by atoms with Crippen LogP contribution in [0.4, 0.5) is 5.82 Å². The molecule has 1 aliphatic carbocycles. The van der Waals surface area contributed by atoms with Gasteiger partial charge in [-0.2, -0.15) is 5.26 Å². The van der Waals surface area contributed by atoms with E-state index in [1.54, 1.807) is 12.1 Å². The summed E-state index contributed by atoms with van der Waals surface area (Å²) in [6.07, 6.45) is 2.44. The van der Waals surface area contributed by atoms with Gasteiger partial charge in [-0.3, -0.25) is 0 Å². The molecule has 3 heteroatoms. The number of nitrogens with one attached hydrogen (secondary N) is 1. The largest absolute Gasteiger partial charge is 0.367 e. The van der Waals surface area contributed by atoms with E-state index in [-0.39, 0.29) is 0 Å². The van der Waals surface area contributed by atoms with Crippen LogP contribution in [0.2, 0.25) is 0 Å². The maximum Gasteiger partial charge on any atom is 0.127 e. The van der Waals surface area contributed by atoms with E-state index in [0.29, 0.717) is 11.6 Å². The van der Waals surface area contributed by atoms with Crippen molar-refractivity contribution in [2.45, 2.75) is 25.8 Å². The van der Waals surface area contributed by atoms with E-state index in [4.69, 9.17) is 5.26 Å². The van der Waals surface area contributed by atoms with E-state index in [0.717, 1.165) is 11.5 Å². The van der Waals surface area contributed by atoms with Crippen molar-refractivity contribution in [3.63, 3.8) is 0 Å². The Bertz CT molecular complexity index is 361. The molecule has 1 saturated carbocycles. The maximum absolute atomic E-state index is 8.73. The normalized spacial score (nSPS) is 15.1. The zero-order valence-electron chi connectivity index (χ0n) is 7.54. The molecule has 0 bridgehead atoms. The zero-order chi connectivity index (χ0) is 9.26. The number of nitriles is 1. The van der Waals surface area contributed by atoms with Gasteiger partial charge >= 0.3 is 0 Å². The van der Waals surface area contributed by atoms with E-state index in [1.165, 1.54) is 12.8 Å². The molecule has 1 fully saturated rings. The van der Waals surface area contributed by atoms with E-state index in [9.17, 15) is 0 Å². The Morgan fingerprint density at radius 1 is 1.54 bits per heavy atom. The standard InChI is InChI=1S/C10H11N3/c1-7-4-8(6-11)5-10(12-7)13-9-2-3-9/h4-5,9H,2-3H2,1H3,(H,12,13). The van der Waals surface area contributed by atoms with Crippen LogP contribution in [-0.2, 0) is 0 Å². The molecule has 1 aromatic heterocycles. The molecule has 0 radical (unpaired) electrons. The van der Waals surface area contributed by atoms with Crippen LogP contribution >= 0.6 is 0 Å². The second-order valence-corrected chi connectivity index (χ2v) is 3.41. The van der Waals surface area contributed by atoms with Crippen molar-refractivity contribution in [2.24, 2.45) is 0 Å². The fraction of sp³-hybridized carbons (Fsp3) is 0.400. The summed E-state index contributed by atoms with van der Waals surface area (Å²) in [6.45, 7) is 1.90. The van der Waals surface area contributed by atoms with Gasteiger partial charge in [-0.25, -0.2) is 4.98 Å². The Kier molecular flexibility index (Phi) is 1.90. The lowest BCUT2D eigenvalue weighted by molar-refractivity contribution is 1.09. The SMILES string of the molecule is Cc1cc(C#N)cc(NC2CC2)n1. The van der Waals surface area contributed by atoms with E-state index in [2.05, 4.69) is 16.4 Å². The monoisotopic (exact) mass is 173 g/mol. The van der Waals surface area contributed by atoms with E-state index < -0.39 is 0 Å². The van der Waals surface area contributed by atoms with Gasteiger partial charge in [0.2, 0.25) is 0 Å². The molecule has 66 valence electrons. The molecular weight excluding hydrogens is 162 g/mol. The topological polar surface area (TPSA) is 48.7 Å². The fourth-order valence-corrected chi connectivity index (χ4v) is 1.24. The molecule has 1 heterocycles. The van der Waals surface area contributed by atoms with Crippen molar-refractivity contribution < 1.29 is 0 Å². The van der Waals surface area contributed by atoms with Crippen LogP contribution in [0.15, 0.2) is 12.1 Å². The molecule has 1 N–H and O–H groups in total. The van der Waals surface area contributed by atoms with Crippen LogP contribution in [-0.4, -0.2) is 11.0 Å². The molecule has 0 unspecified atom stereocenters. The lowest BCUT2D eigenvalue weighted by atomic mass is 10.2. The first-order valence-electron chi connectivity index (χ1n) is 4.43. The lowest BCUT2D eigenvalue weighted by Crippen LogP contribution is -2.03. The molecule has 0 aliphatic heterocycles. The third kappa shape index (κ3) is 1.97. The summed E-state index contributed by atoms with van der Waals surface area (Å²) in [7, 11) is 0. The second-order valence-electron chi connectivity index (χ2n) is 3.41. The van der Waals surface area contributed by atoms with Crippen molar-refractivity contribution in [1.29, 1.82) is 5.26 Å². The lowest BCUT2D eigenvalue weighted by Gasteiger charge is -2.04. The Labute approximate surface area is 77.4 Å². The highest BCUT2D eigenvalue weighted by Crippen LogP contribution is 2.24. The van der Waals surface area contributed by atoms with Crippen LogP contribution in [0.5, 0.6) is 0 Å². The number of rotatable bonds is 2. The average Bonchev–Trinajstić information content (AvgIpc) is 2.87. The van der Waals surface area contributed by atoms with Crippen molar-refractivity contribution in [1.82, 2.24) is 4.98 Å². The molecule has 3 nitrogen and oxygen atoms in total. The van der Waals surface area contributed by atoms with E-state index in [1.807, 2.05) is 6.92 Å². The molecule has 13 heavy (non-hydrogen) atoms. The Morgan fingerprint density at radius 3 is 2.92 bits per heavy atom. The summed E-state index contributed by atoms with van der Waals surface area (Å²) in [5.74, 6) is 0.832. The van der Waals surface area contributed by atoms with Gasteiger partial charge in [0.25, 0.3) is 0 Å². The van der Waals surface area contributed by atoms with Gasteiger partial charge in [0.15, 0.2) is 0 Å². The number of aryl methyl sites for hydroxylation is 1. The predicted octanol–water partition coefficient (Wildman–Crippen LogP) is 1.84.